The molecule has 1 fully saturated rings. The van der Waals surface area contributed by atoms with Crippen LogP contribution in [0.5, 0.6) is 5.75 Å². The van der Waals surface area contributed by atoms with E-state index in [1.54, 1.807) is 18.2 Å². The molecular formula is C22H32N2O5. The van der Waals surface area contributed by atoms with Crippen LogP contribution in [0.25, 0.3) is 0 Å². The van der Waals surface area contributed by atoms with Crippen molar-refractivity contribution in [3.05, 3.63) is 29.8 Å². The second-order valence-corrected chi connectivity index (χ2v) is 7.58. The Labute approximate surface area is 172 Å². The lowest BCUT2D eigenvalue weighted by atomic mass is 9.73. The van der Waals surface area contributed by atoms with Crippen LogP contribution in [0.3, 0.4) is 0 Å². The highest BCUT2D eigenvalue weighted by Gasteiger charge is 2.42. The number of rotatable bonds is 9. The van der Waals surface area contributed by atoms with Crippen LogP contribution in [-0.2, 0) is 14.3 Å². The number of hydrogen-bond donors (Lipinski definition) is 2. The van der Waals surface area contributed by atoms with E-state index in [-0.39, 0.29) is 30.1 Å². The number of carbonyl (C=O) groups excluding carboxylic acids is 3. The highest BCUT2D eigenvalue weighted by Crippen LogP contribution is 2.34. The highest BCUT2D eigenvalue weighted by molar-refractivity contribution is 5.96. The van der Waals surface area contributed by atoms with E-state index in [0.29, 0.717) is 30.9 Å². The first-order chi connectivity index (χ1) is 13.9. The van der Waals surface area contributed by atoms with E-state index in [4.69, 9.17) is 9.47 Å². The summed E-state index contributed by atoms with van der Waals surface area (Å²) in [6.07, 6.45) is 4.19. The number of methoxy groups -OCH3 is 1. The summed E-state index contributed by atoms with van der Waals surface area (Å²) in [4.78, 5) is 36.9. The minimum Gasteiger partial charge on any atom is -0.493 e. The van der Waals surface area contributed by atoms with Crippen molar-refractivity contribution in [2.75, 3.05) is 20.3 Å². The van der Waals surface area contributed by atoms with Gasteiger partial charge in [0, 0.05) is 13.0 Å². The van der Waals surface area contributed by atoms with Crippen molar-refractivity contribution >= 4 is 17.8 Å². The molecule has 7 nitrogen and oxygen atoms in total. The van der Waals surface area contributed by atoms with E-state index in [2.05, 4.69) is 10.6 Å². The molecule has 2 atom stereocenters. The third kappa shape index (κ3) is 6.21. The number of esters is 1. The maximum Gasteiger partial charge on any atom is 0.311 e. The van der Waals surface area contributed by atoms with Gasteiger partial charge in [0.1, 0.15) is 5.75 Å². The van der Waals surface area contributed by atoms with Gasteiger partial charge in [-0.3, -0.25) is 14.4 Å². The van der Waals surface area contributed by atoms with Crippen LogP contribution in [0.2, 0.25) is 0 Å². The van der Waals surface area contributed by atoms with Crippen molar-refractivity contribution in [3.63, 3.8) is 0 Å². The largest absolute Gasteiger partial charge is 0.493 e. The lowest BCUT2D eigenvalue weighted by Crippen LogP contribution is -2.55. The molecule has 0 radical (unpaired) electrons. The third-order valence-corrected chi connectivity index (χ3v) is 5.42. The number of benzene rings is 1. The van der Waals surface area contributed by atoms with E-state index in [1.807, 2.05) is 19.9 Å². The Kier molecular flexibility index (Phi) is 8.49. The molecule has 0 unspecified atom stereocenters. The number of amides is 2. The molecular weight excluding hydrogens is 372 g/mol. The normalized spacial score (nSPS) is 21.1. The number of nitrogens with one attached hydrogen (secondary N) is 2. The fourth-order valence-corrected chi connectivity index (χ4v) is 3.87. The monoisotopic (exact) mass is 404 g/mol. The lowest BCUT2D eigenvalue weighted by Gasteiger charge is -2.40. The van der Waals surface area contributed by atoms with Gasteiger partial charge < -0.3 is 20.1 Å². The molecule has 0 spiro atoms. The summed E-state index contributed by atoms with van der Waals surface area (Å²) in [5.74, 6) is -0.385. The fourth-order valence-electron chi connectivity index (χ4n) is 3.87. The first kappa shape index (κ1) is 22.7. The zero-order valence-electron chi connectivity index (χ0n) is 17.6. The molecule has 1 saturated carbocycles. The summed E-state index contributed by atoms with van der Waals surface area (Å²) < 4.78 is 10.4. The predicted molar refractivity (Wildman–Crippen MR) is 110 cm³/mol. The molecule has 0 saturated heterocycles. The zero-order valence-corrected chi connectivity index (χ0v) is 17.6. The van der Waals surface area contributed by atoms with Gasteiger partial charge >= 0.3 is 5.97 Å². The van der Waals surface area contributed by atoms with Gasteiger partial charge in [-0.05, 0) is 45.2 Å². The average molecular weight is 405 g/mol. The van der Waals surface area contributed by atoms with Gasteiger partial charge in [-0.1, -0.05) is 25.0 Å². The Morgan fingerprint density at radius 3 is 2.69 bits per heavy atom. The molecule has 0 aromatic heterocycles. The van der Waals surface area contributed by atoms with Crippen LogP contribution in [0, 0.1) is 5.92 Å². The maximum atomic E-state index is 12.4. The van der Waals surface area contributed by atoms with E-state index >= 15 is 0 Å². The molecule has 2 amide bonds. The minimum atomic E-state index is -0.581. The second-order valence-electron chi connectivity index (χ2n) is 7.58. The van der Waals surface area contributed by atoms with Crippen LogP contribution >= 0.6 is 0 Å². The van der Waals surface area contributed by atoms with Gasteiger partial charge in [0.25, 0.3) is 5.91 Å². The summed E-state index contributed by atoms with van der Waals surface area (Å²) in [6, 6.07) is 7.07. The first-order valence-electron chi connectivity index (χ1n) is 10.3. The topological polar surface area (TPSA) is 93.7 Å². The Hall–Kier alpha value is -2.57. The Morgan fingerprint density at radius 1 is 1.21 bits per heavy atom. The standard InChI is InChI=1S/C22H32N2O5/c1-4-29-18-12-6-5-10-16(18)20(26)23-15-9-13-19(25)24-22(2)14-8-7-11-17(22)21(27)28-3/h5-6,10,12,17H,4,7-9,11,13-15H2,1-3H3,(H,23,26)(H,24,25)/t17-,22-/m0/s1. The molecule has 1 aromatic rings. The van der Waals surface area contributed by atoms with E-state index in [1.165, 1.54) is 7.11 Å². The summed E-state index contributed by atoms with van der Waals surface area (Å²) in [6.45, 7) is 4.64. The molecule has 0 heterocycles. The van der Waals surface area contributed by atoms with Gasteiger partial charge in [0.2, 0.25) is 5.91 Å². The number of carbonyl (C=O) groups is 3. The van der Waals surface area contributed by atoms with Crippen molar-refractivity contribution in [1.29, 1.82) is 0 Å². The van der Waals surface area contributed by atoms with Crippen LogP contribution in [0.4, 0.5) is 0 Å². The molecule has 1 aliphatic carbocycles. The molecule has 7 heteroatoms. The number of hydrogen-bond acceptors (Lipinski definition) is 5. The van der Waals surface area contributed by atoms with Crippen LogP contribution in [-0.4, -0.2) is 43.6 Å². The summed E-state index contributed by atoms with van der Waals surface area (Å²) in [5.41, 5.74) is -0.100. The summed E-state index contributed by atoms with van der Waals surface area (Å²) in [7, 11) is 1.38. The van der Waals surface area contributed by atoms with Crippen LogP contribution in [0.15, 0.2) is 24.3 Å². The van der Waals surface area contributed by atoms with Gasteiger partial charge in [-0.25, -0.2) is 0 Å². The van der Waals surface area contributed by atoms with Crippen molar-refractivity contribution in [1.82, 2.24) is 10.6 Å². The summed E-state index contributed by atoms with van der Waals surface area (Å²) >= 11 is 0. The molecule has 1 aliphatic rings. The Bertz CT molecular complexity index is 721. The average Bonchev–Trinajstić information content (AvgIpc) is 2.71. The molecule has 160 valence electrons. The van der Waals surface area contributed by atoms with Crippen LogP contribution < -0.4 is 15.4 Å². The molecule has 29 heavy (non-hydrogen) atoms. The molecule has 2 N–H and O–H groups in total. The second kappa shape index (κ2) is 10.8. The van der Waals surface area contributed by atoms with Crippen LogP contribution in [0.1, 0.15) is 62.7 Å². The molecule has 1 aromatic carbocycles. The first-order valence-corrected chi connectivity index (χ1v) is 10.3. The third-order valence-electron chi connectivity index (χ3n) is 5.42. The molecule has 2 rings (SSSR count). The smallest absolute Gasteiger partial charge is 0.311 e. The van der Waals surface area contributed by atoms with E-state index in [9.17, 15) is 14.4 Å². The maximum absolute atomic E-state index is 12.4. The van der Waals surface area contributed by atoms with Gasteiger partial charge in [-0.2, -0.15) is 0 Å². The molecule has 0 aliphatic heterocycles. The van der Waals surface area contributed by atoms with Crippen molar-refractivity contribution in [2.24, 2.45) is 5.92 Å². The minimum absolute atomic E-state index is 0.118. The summed E-state index contributed by atoms with van der Waals surface area (Å²) in [5, 5.41) is 5.86. The van der Waals surface area contributed by atoms with Gasteiger partial charge in [0.05, 0.1) is 30.7 Å². The Balaban J connectivity index is 1.81. The van der Waals surface area contributed by atoms with E-state index < -0.39 is 5.54 Å². The molecule has 0 bridgehead atoms. The lowest BCUT2D eigenvalue weighted by molar-refractivity contribution is -0.150. The van der Waals surface area contributed by atoms with Crippen molar-refractivity contribution < 1.29 is 23.9 Å². The van der Waals surface area contributed by atoms with Gasteiger partial charge in [0.15, 0.2) is 0 Å². The quantitative estimate of drug-likeness (QED) is 0.488. The van der Waals surface area contributed by atoms with Crippen molar-refractivity contribution in [3.8, 4) is 5.75 Å². The predicted octanol–water partition coefficient (Wildman–Crippen LogP) is 2.83. The van der Waals surface area contributed by atoms with E-state index in [0.717, 1.165) is 25.7 Å². The van der Waals surface area contributed by atoms with Crippen molar-refractivity contribution in [2.45, 2.75) is 57.9 Å². The Morgan fingerprint density at radius 2 is 1.97 bits per heavy atom. The SMILES string of the molecule is CCOc1ccccc1C(=O)NCCCC(=O)N[C@@]1(C)CCCC[C@H]1C(=O)OC. The number of ether oxygens (including phenoxy) is 2. The van der Waals surface area contributed by atoms with Gasteiger partial charge in [-0.15, -0.1) is 0 Å². The highest BCUT2D eigenvalue weighted by atomic mass is 16.5. The number of para-hydroxylation sites is 1. The zero-order chi connectivity index (χ0) is 21.3. The fraction of sp³-hybridized carbons (Fsp3) is 0.591.